The molecule has 0 bridgehead atoms. The number of benzene rings is 2. The molecular weight excluding hydrogens is 334 g/mol. The maximum Gasteiger partial charge on any atom is 0.303 e. The van der Waals surface area contributed by atoms with Crippen molar-refractivity contribution >= 4 is 17.6 Å². The quantitative estimate of drug-likeness (QED) is 0.746. The SMILES string of the molecule is O=C(O)CCCOc1ccc(NC(=O)C2COc3ccccc3C2)cc1. The van der Waals surface area contributed by atoms with Crippen molar-refractivity contribution in [2.24, 2.45) is 5.92 Å². The molecule has 2 aromatic rings. The summed E-state index contributed by atoms with van der Waals surface area (Å²) in [5.41, 5.74) is 1.73. The molecule has 2 aromatic carbocycles. The van der Waals surface area contributed by atoms with Gasteiger partial charge in [0, 0.05) is 12.1 Å². The lowest BCUT2D eigenvalue weighted by molar-refractivity contribution is -0.137. The number of hydrogen-bond donors (Lipinski definition) is 2. The van der Waals surface area contributed by atoms with Crippen LogP contribution < -0.4 is 14.8 Å². The largest absolute Gasteiger partial charge is 0.494 e. The highest BCUT2D eigenvalue weighted by Crippen LogP contribution is 2.27. The van der Waals surface area contributed by atoms with Crippen LogP contribution in [0.15, 0.2) is 48.5 Å². The molecule has 6 nitrogen and oxygen atoms in total. The van der Waals surface area contributed by atoms with Gasteiger partial charge in [-0.2, -0.15) is 0 Å². The van der Waals surface area contributed by atoms with Crippen LogP contribution in [0.2, 0.25) is 0 Å². The van der Waals surface area contributed by atoms with Crippen LogP contribution in [0.25, 0.3) is 0 Å². The van der Waals surface area contributed by atoms with Crippen LogP contribution in [-0.4, -0.2) is 30.2 Å². The molecule has 1 heterocycles. The highest BCUT2D eigenvalue weighted by Gasteiger charge is 2.25. The van der Waals surface area contributed by atoms with E-state index in [9.17, 15) is 9.59 Å². The zero-order valence-corrected chi connectivity index (χ0v) is 14.3. The number of fused-ring (bicyclic) bond motifs is 1. The normalized spacial score (nSPS) is 15.5. The Kier molecular flexibility index (Phi) is 5.73. The van der Waals surface area contributed by atoms with E-state index in [1.807, 2.05) is 24.3 Å². The fourth-order valence-electron chi connectivity index (χ4n) is 2.79. The lowest BCUT2D eigenvalue weighted by Gasteiger charge is -2.24. The maximum absolute atomic E-state index is 12.5. The number of hydrogen-bond acceptors (Lipinski definition) is 4. The molecule has 26 heavy (non-hydrogen) atoms. The molecular formula is C20H21NO5. The number of carboxylic acid groups (broad SMARTS) is 1. The number of para-hydroxylation sites is 1. The average Bonchev–Trinajstić information content (AvgIpc) is 2.66. The van der Waals surface area contributed by atoms with Gasteiger partial charge in [0.05, 0.1) is 12.5 Å². The minimum absolute atomic E-state index is 0.0744. The molecule has 1 amide bonds. The Hall–Kier alpha value is -3.02. The number of amides is 1. The van der Waals surface area contributed by atoms with E-state index in [0.717, 1.165) is 11.3 Å². The smallest absolute Gasteiger partial charge is 0.303 e. The van der Waals surface area contributed by atoms with Gasteiger partial charge in [0.15, 0.2) is 0 Å². The molecule has 2 N–H and O–H groups in total. The molecule has 136 valence electrons. The summed E-state index contributed by atoms with van der Waals surface area (Å²) < 4.78 is 11.1. The van der Waals surface area contributed by atoms with Crippen LogP contribution in [0.1, 0.15) is 18.4 Å². The van der Waals surface area contributed by atoms with Gasteiger partial charge in [-0.05, 0) is 48.7 Å². The van der Waals surface area contributed by atoms with Gasteiger partial charge < -0.3 is 19.9 Å². The van der Waals surface area contributed by atoms with Crippen LogP contribution in [0.3, 0.4) is 0 Å². The van der Waals surface area contributed by atoms with Gasteiger partial charge in [-0.3, -0.25) is 9.59 Å². The summed E-state index contributed by atoms with van der Waals surface area (Å²) in [6.07, 6.45) is 1.20. The number of aliphatic carboxylic acids is 1. The summed E-state index contributed by atoms with van der Waals surface area (Å²) in [4.78, 5) is 22.9. The Labute approximate surface area is 151 Å². The molecule has 1 aliphatic heterocycles. The van der Waals surface area contributed by atoms with E-state index in [1.165, 1.54) is 0 Å². The van der Waals surface area contributed by atoms with Crippen LogP contribution in [0.5, 0.6) is 11.5 Å². The molecule has 0 aromatic heterocycles. The molecule has 3 rings (SSSR count). The van der Waals surface area contributed by atoms with Crippen molar-refractivity contribution in [2.45, 2.75) is 19.3 Å². The highest BCUT2D eigenvalue weighted by atomic mass is 16.5. The fraction of sp³-hybridized carbons (Fsp3) is 0.300. The predicted molar refractivity (Wildman–Crippen MR) is 96.6 cm³/mol. The summed E-state index contributed by atoms with van der Waals surface area (Å²) >= 11 is 0. The number of carbonyl (C=O) groups excluding carboxylic acids is 1. The molecule has 1 unspecified atom stereocenters. The van der Waals surface area contributed by atoms with Crippen molar-refractivity contribution in [3.63, 3.8) is 0 Å². The van der Waals surface area contributed by atoms with Crippen molar-refractivity contribution in [2.75, 3.05) is 18.5 Å². The number of carboxylic acids is 1. The first-order valence-corrected chi connectivity index (χ1v) is 8.58. The standard InChI is InChI=1S/C20H21NO5/c22-19(23)6-3-11-25-17-9-7-16(8-10-17)21-20(24)15-12-14-4-1-2-5-18(14)26-13-15/h1-2,4-5,7-10,15H,3,6,11-13H2,(H,21,24)(H,22,23). The zero-order chi connectivity index (χ0) is 18.4. The van der Waals surface area contributed by atoms with E-state index < -0.39 is 5.97 Å². The number of carbonyl (C=O) groups is 2. The van der Waals surface area contributed by atoms with Crippen molar-refractivity contribution < 1.29 is 24.2 Å². The molecule has 1 atom stereocenters. The van der Waals surface area contributed by atoms with Gasteiger partial charge >= 0.3 is 5.97 Å². The zero-order valence-electron chi connectivity index (χ0n) is 14.3. The third-order valence-electron chi connectivity index (χ3n) is 4.18. The van der Waals surface area contributed by atoms with Crippen molar-refractivity contribution in [3.05, 3.63) is 54.1 Å². The highest BCUT2D eigenvalue weighted by molar-refractivity contribution is 5.93. The summed E-state index contributed by atoms with van der Waals surface area (Å²) in [5, 5.41) is 11.5. The lowest BCUT2D eigenvalue weighted by atomic mass is 9.96. The first-order chi connectivity index (χ1) is 12.6. The second kappa shape index (κ2) is 8.38. The minimum Gasteiger partial charge on any atom is -0.494 e. The monoisotopic (exact) mass is 355 g/mol. The number of rotatable bonds is 7. The molecule has 0 radical (unpaired) electrons. The van der Waals surface area contributed by atoms with E-state index >= 15 is 0 Å². The second-order valence-corrected chi connectivity index (χ2v) is 6.18. The summed E-state index contributed by atoms with van der Waals surface area (Å²) in [5.74, 6) is 0.358. The summed E-state index contributed by atoms with van der Waals surface area (Å²) in [6, 6.07) is 14.8. The summed E-state index contributed by atoms with van der Waals surface area (Å²) in [6.45, 7) is 0.713. The van der Waals surface area contributed by atoms with Crippen LogP contribution in [-0.2, 0) is 16.0 Å². The van der Waals surface area contributed by atoms with Crippen LogP contribution in [0, 0.1) is 5.92 Å². The van der Waals surface area contributed by atoms with Crippen molar-refractivity contribution in [1.82, 2.24) is 0 Å². The Bertz CT molecular complexity index is 772. The second-order valence-electron chi connectivity index (χ2n) is 6.18. The van der Waals surface area contributed by atoms with Crippen molar-refractivity contribution in [1.29, 1.82) is 0 Å². The Balaban J connectivity index is 1.49. The molecule has 0 saturated heterocycles. The van der Waals surface area contributed by atoms with Gasteiger partial charge in [0.2, 0.25) is 5.91 Å². The predicted octanol–water partition coefficient (Wildman–Crippen LogP) is 3.12. The summed E-state index contributed by atoms with van der Waals surface area (Å²) in [7, 11) is 0. The minimum atomic E-state index is -0.832. The molecule has 0 saturated carbocycles. The van der Waals surface area contributed by atoms with Gasteiger partial charge in [0.25, 0.3) is 0 Å². The van der Waals surface area contributed by atoms with E-state index in [4.69, 9.17) is 14.6 Å². The molecule has 0 aliphatic carbocycles. The molecule has 1 aliphatic rings. The van der Waals surface area contributed by atoms with E-state index in [-0.39, 0.29) is 18.2 Å². The van der Waals surface area contributed by atoms with Gasteiger partial charge in [-0.25, -0.2) is 0 Å². The first-order valence-electron chi connectivity index (χ1n) is 8.58. The van der Waals surface area contributed by atoms with Gasteiger partial charge in [0.1, 0.15) is 18.1 Å². The molecule has 0 spiro atoms. The van der Waals surface area contributed by atoms with Gasteiger partial charge in [-0.15, -0.1) is 0 Å². The number of nitrogens with one attached hydrogen (secondary N) is 1. The van der Waals surface area contributed by atoms with Crippen LogP contribution >= 0.6 is 0 Å². The van der Waals surface area contributed by atoms with Crippen molar-refractivity contribution in [3.8, 4) is 11.5 Å². The molecule has 0 fully saturated rings. The van der Waals surface area contributed by atoms with E-state index in [2.05, 4.69) is 5.32 Å². The van der Waals surface area contributed by atoms with Gasteiger partial charge in [-0.1, -0.05) is 18.2 Å². The number of anilines is 1. The maximum atomic E-state index is 12.5. The Morgan fingerprint density at radius 2 is 1.92 bits per heavy atom. The van der Waals surface area contributed by atoms with E-state index in [0.29, 0.717) is 37.5 Å². The Morgan fingerprint density at radius 1 is 1.15 bits per heavy atom. The average molecular weight is 355 g/mol. The molecule has 6 heteroatoms. The topological polar surface area (TPSA) is 84.9 Å². The van der Waals surface area contributed by atoms with E-state index in [1.54, 1.807) is 24.3 Å². The third kappa shape index (κ3) is 4.75. The number of ether oxygens (including phenoxy) is 2. The lowest BCUT2D eigenvalue weighted by Crippen LogP contribution is -2.32. The third-order valence-corrected chi connectivity index (χ3v) is 4.18. The fourth-order valence-corrected chi connectivity index (χ4v) is 2.79. The first kappa shape index (κ1) is 17.8. The Morgan fingerprint density at radius 3 is 2.69 bits per heavy atom. The van der Waals surface area contributed by atoms with Crippen LogP contribution in [0.4, 0.5) is 5.69 Å².